The second kappa shape index (κ2) is 6.64. The third-order valence-electron chi connectivity index (χ3n) is 3.87. The van der Waals surface area contributed by atoms with Crippen LogP contribution in [-0.4, -0.2) is 48.0 Å². The SMILES string of the molecule is CNCCCC(=O)N1CCSC2CCCCC21. The first kappa shape index (κ1) is 13.2. The molecule has 0 aromatic carbocycles. The van der Waals surface area contributed by atoms with Crippen molar-refractivity contribution in [2.75, 3.05) is 25.9 Å². The van der Waals surface area contributed by atoms with E-state index in [1.54, 1.807) is 0 Å². The van der Waals surface area contributed by atoms with Crippen LogP contribution in [0, 0.1) is 0 Å². The first-order chi connectivity index (χ1) is 8.33. The maximum absolute atomic E-state index is 12.2. The standard InChI is InChI=1S/C13H24N2OS/c1-14-8-4-7-13(16)15-9-10-17-12-6-3-2-5-11(12)15/h11-12,14H,2-10H2,1H3. The van der Waals surface area contributed by atoms with Gasteiger partial charge in [-0.05, 0) is 32.9 Å². The van der Waals surface area contributed by atoms with E-state index < -0.39 is 0 Å². The molecule has 17 heavy (non-hydrogen) atoms. The molecular weight excluding hydrogens is 232 g/mol. The molecule has 2 atom stereocenters. The van der Waals surface area contributed by atoms with Crippen LogP contribution in [-0.2, 0) is 4.79 Å². The molecule has 0 radical (unpaired) electrons. The molecule has 4 heteroatoms. The van der Waals surface area contributed by atoms with E-state index >= 15 is 0 Å². The molecule has 98 valence electrons. The molecule has 0 spiro atoms. The third kappa shape index (κ3) is 3.38. The molecule has 3 nitrogen and oxygen atoms in total. The van der Waals surface area contributed by atoms with Gasteiger partial charge in [-0.1, -0.05) is 12.8 Å². The fourth-order valence-electron chi connectivity index (χ4n) is 2.97. The van der Waals surface area contributed by atoms with Gasteiger partial charge in [0.15, 0.2) is 0 Å². The Hall–Kier alpha value is -0.220. The van der Waals surface area contributed by atoms with Gasteiger partial charge in [0.05, 0.1) is 0 Å². The number of amides is 1. The summed E-state index contributed by atoms with van der Waals surface area (Å²) >= 11 is 2.09. The second-order valence-corrected chi connectivity index (χ2v) is 6.40. The predicted octanol–water partition coefficient (Wildman–Crippen LogP) is 1.87. The minimum Gasteiger partial charge on any atom is -0.338 e. The lowest BCUT2D eigenvalue weighted by atomic mass is 9.93. The normalized spacial score (nSPS) is 28.9. The third-order valence-corrected chi connectivity index (χ3v) is 5.27. The van der Waals surface area contributed by atoms with Crippen molar-refractivity contribution in [2.45, 2.75) is 49.8 Å². The molecule has 2 aliphatic rings. The first-order valence-corrected chi connectivity index (χ1v) is 7.93. The van der Waals surface area contributed by atoms with Gasteiger partial charge in [0.1, 0.15) is 0 Å². The van der Waals surface area contributed by atoms with Crippen molar-refractivity contribution in [1.29, 1.82) is 0 Å². The number of rotatable bonds is 4. The highest BCUT2D eigenvalue weighted by molar-refractivity contribution is 8.00. The Morgan fingerprint density at radius 2 is 2.24 bits per heavy atom. The quantitative estimate of drug-likeness (QED) is 0.779. The van der Waals surface area contributed by atoms with E-state index in [9.17, 15) is 4.79 Å². The van der Waals surface area contributed by atoms with Crippen LogP contribution in [0.2, 0.25) is 0 Å². The molecule has 1 aliphatic heterocycles. The Kier molecular flexibility index (Phi) is 5.16. The molecular formula is C13H24N2OS. The van der Waals surface area contributed by atoms with E-state index in [4.69, 9.17) is 0 Å². The zero-order valence-electron chi connectivity index (χ0n) is 10.8. The van der Waals surface area contributed by atoms with Crippen molar-refractivity contribution in [1.82, 2.24) is 10.2 Å². The molecule has 1 saturated heterocycles. The zero-order chi connectivity index (χ0) is 12.1. The van der Waals surface area contributed by atoms with Crippen molar-refractivity contribution >= 4 is 17.7 Å². The summed E-state index contributed by atoms with van der Waals surface area (Å²) < 4.78 is 0. The summed E-state index contributed by atoms with van der Waals surface area (Å²) in [7, 11) is 1.94. The van der Waals surface area contributed by atoms with Gasteiger partial charge in [-0.3, -0.25) is 4.79 Å². The van der Waals surface area contributed by atoms with E-state index in [1.165, 1.54) is 25.7 Å². The summed E-state index contributed by atoms with van der Waals surface area (Å²) in [5, 5.41) is 3.83. The highest BCUT2D eigenvalue weighted by atomic mass is 32.2. The number of hydrogen-bond donors (Lipinski definition) is 1. The molecule has 2 unspecified atom stereocenters. The molecule has 1 amide bonds. The van der Waals surface area contributed by atoms with Crippen LogP contribution >= 0.6 is 11.8 Å². The molecule has 1 N–H and O–H groups in total. The van der Waals surface area contributed by atoms with Crippen molar-refractivity contribution in [3.63, 3.8) is 0 Å². The molecule has 2 fully saturated rings. The van der Waals surface area contributed by atoms with E-state index in [0.717, 1.165) is 30.5 Å². The van der Waals surface area contributed by atoms with Gasteiger partial charge in [-0.15, -0.1) is 0 Å². The Labute approximate surface area is 109 Å². The summed E-state index contributed by atoms with van der Waals surface area (Å²) in [5.74, 6) is 1.52. The molecule has 1 heterocycles. The first-order valence-electron chi connectivity index (χ1n) is 6.88. The number of thioether (sulfide) groups is 1. The topological polar surface area (TPSA) is 32.3 Å². The molecule has 1 saturated carbocycles. The lowest BCUT2D eigenvalue weighted by Gasteiger charge is -2.43. The molecule has 0 bridgehead atoms. The number of nitrogens with zero attached hydrogens (tertiary/aromatic N) is 1. The van der Waals surface area contributed by atoms with Crippen molar-refractivity contribution in [3.05, 3.63) is 0 Å². The maximum atomic E-state index is 12.2. The Balaban J connectivity index is 1.87. The highest BCUT2D eigenvalue weighted by Crippen LogP contribution is 2.35. The summed E-state index contributed by atoms with van der Waals surface area (Å²) in [5.41, 5.74) is 0. The summed E-state index contributed by atoms with van der Waals surface area (Å²) in [6.45, 7) is 1.92. The van der Waals surface area contributed by atoms with Crippen molar-refractivity contribution in [2.24, 2.45) is 0 Å². The molecule has 0 aromatic rings. The number of carbonyl (C=O) groups is 1. The summed E-state index contributed by atoms with van der Waals surface area (Å²) in [6.07, 6.45) is 6.90. The van der Waals surface area contributed by atoms with Gasteiger partial charge in [0, 0.05) is 30.0 Å². The Morgan fingerprint density at radius 3 is 3.06 bits per heavy atom. The van der Waals surface area contributed by atoms with Gasteiger partial charge in [0.25, 0.3) is 0 Å². The van der Waals surface area contributed by atoms with Crippen molar-refractivity contribution in [3.8, 4) is 0 Å². The Morgan fingerprint density at radius 1 is 1.41 bits per heavy atom. The van der Waals surface area contributed by atoms with Crippen LogP contribution in [0.15, 0.2) is 0 Å². The second-order valence-electron chi connectivity index (χ2n) is 5.06. The van der Waals surface area contributed by atoms with Gasteiger partial charge in [-0.25, -0.2) is 0 Å². The largest absolute Gasteiger partial charge is 0.338 e. The van der Waals surface area contributed by atoms with Gasteiger partial charge in [-0.2, -0.15) is 11.8 Å². The van der Waals surface area contributed by atoms with E-state index in [2.05, 4.69) is 22.0 Å². The van der Waals surface area contributed by atoms with Gasteiger partial charge < -0.3 is 10.2 Å². The zero-order valence-corrected chi connectivity index (χ0v) is 11.6. The van der Waals surface area contributed by atoms with Gasteiger partial charge in [0.2, 0.25) is 5.91 Å². The Bertz CT molecular complexity index is 258. The average molecular weight is 256 g/mol. The van der Waals surface area contributed by atoms with Crippen LogP contribution in [0.5, 0.6) is 0 Å². The lowest BCUT2D eigenvalue weighted by Crippen LogP contribution is -2.51. The van der Waals surface area contributed by atoms with Gasteiger partial charge >= 0.3 is 0 Å². The highest BCUT2D eigenvalue weighted by Gasteiger charge is 2.35. The maximum Gasteiger partial charge on any atom is 0.222 e. The van der Waals surface area contributed by atoms with E-state index in [1.807, 2.05) is 7.05 Å². The van der Waals surface area contributed by atoms with Crippen LogP contribution in [0.3, 0.4) is 0 Å². The molecule has 0 aromatic heterocycles. The minimum atomic E-state index is 0.387. The fraction of sp³-hybridized carbons (Fsp3) is 0.923. The number of hydrogen-bond acceptors (Lipinski definition) is 3. The monoisotopic (exact) mass is 256 g/mol. The molecule has 1 aliphatic carbocycles. The van der Waals surface area contributed by atoms with Crippen molar-refractivity contribution < 1.29 is 4.79 Å². The van der Waals surface area contributed by atoms with E-state index in [-0.39, 0.29) is 0 Å². The summed E-state index contributed by atoms with van der Waals surface area (Å²) in [4.78, 5) is 14.4. The minimum absolute atomic E-state index is 0.387. The predicted molar refractivity (Wildman–Crippen MR) is 73.4 cm³/mol. The van der Waals surface area contributed by atoms with Crippen LogP contribution in [0.1, 0.15) is 38.5 Å². The van der Waals surface area contributed by atoms with Crippen LogP contribution in [0.25, 0.3) is 0 Å². The average Bonchev–Trinajstić information content (AvgIpc) is 2.38. The van der Waals surface area contributed by atoms with E-state index in [0.29, 0.717) is 18.4 Å². The number of carbonyl (C=O) groups excluding carboxylic acids is 1. The smallest absolute Gasteiger partial charge is 0.222 e. The van der Waals surface area contributed by atoms with Crippen LogP contribution < -0.4 is 5.32 Å². The lowest BCUT2D eigenvalue weighted by molar-refractivity contribution is -0.134. The number of nitrogens with one attached hydrogen (secondary N) is 1. The van der Waals surface area contributed by atoms with Crippen LogP contribution in [0.4, 0.5) is 0 Å². The number of fused-ring (bicyclic) bond motifs is 1. The summed E-state index contributed by atoms with van der Waals surface area (Å²) in [6, 6.07) is 0.546. The molecule has 2 rings (SSSR count). The fourth-order valence-corrected chi connectivity index (χ4v) is 4.41.